The van der Waals surface area contributed by atoms with E-state index < -0.39 is 0 Å². The van der Waals surface area contributed by atoms with E-state index in [0.29, 0.717) is 43.3 Å². The number of rotatable bonds is 9. The van der Waals surface area contributed by atoms with Crippen LogP contribution < -0.4 is 19.8 Å². The molecule has 0 aliphatic rings. The van der Waals surface area contributed by atoms with Crippen LogP contribution in [-0.4, -0.2) is 36.2 Å². The summed E-state index contributed by atoms with van der Waals surface area (Å²) in [5.74, 6) is 2.32. The van der Waals surface area contributed by atoms with E-state index in [2.05, 4.69) is 34.9 Å². The lowest BCUT2D eigenvalue weighted by Crippen LogP contribution is -2.21. The average molecular weight is 627 g/mol. The minimum atomic E-state index is -0.288. The number of aryl methyl sites for hydroxylation is 1. The van der Waals surface area contributed by atoms with E-state index in [1.807, 2.05) is 51.1 Å². The molecular weight excluding hydrogens is 594 g/mol. The Kier molecular flexibility index (Phi) is 9.21. The van der Waals surface area contributed by atoms with Crippen molar-refractivity contribution in [2.45, 2.75) is 53.1 Å². The second-order valence-corrected chi connectivity index (χ2v) is 11.0. The Morgan fingerprint density at radius 1 is 1.10 bits per heavy atom. The highest BCUT2D eigenvalue weighted by Gasteiger charge is 2.20. The number of benzene rings is 3. The van der Waals surface area contributed by atoms with Crippen LogP contribution >= 0.6 is 27.5 Å². The molecule has 0 aliphatic heterocycles. The van der Waals surface area contributed by atoms with Gasteiger partial charge in [0.2, 0.25) is 0 Å². The molecule has 0 N–H and O–H groups in total. The van der Waals surface area contributed by atoms with Gasteiger partial charge in [-0.25, -0.2) is 4.98 Å². The Labute approximate surface area is 247 Å². The Morgan fingerprint density at radius 2 is 1.80 bits per heavy atom. The van der Waals surface area contributed by atoms with Crippen molar-refractivity contribution in [3.8, 4) is 28.6 Å². The number of para-hydroxylation sites is 1. The van der Waals surface area contributed by atoms with Gasteiger partial charge in [0.1, 0.15) is 10.8 Å². The molecule has 0 unspecified atom stereocenters. The highest BCUT2D eigenvalue weighted by Crippen LogP contribution is 2.43. The smallest absolute Gasteiger partial charge is 0.282 e. The molecule has 1 aromatic heterocycles. The molecule has 0 fully saturated rings. The van der Waals surface area contributed by atoms with Crippen molar-refractivity contribution in [3.63, 3.8) is 0 Å². The van der Waals surface area contributed by atoms with Crippen molar-refractivity contribution in [2.75, 3.05) is 14.2 Å². The SMILES string of the molecule is CC[C@@H](C)Oc1c(OC)cc(C=Nn2c(-c3cc(C(C)C)c(OC)cc3C)nc3ccccc3c2=O)c(Br)c1Cl. The van der Waals surface area contributed by atoms with Gasteiger partial charge in [0.05, 0.1) is 37.4 Å². The molecule has 0 spiro atoms. The molecule has 9 heteroatoms. The third kappa shape index (κ3) is 5.74. The van der Waals surface area contributed by atoms with Crippen LogP contribution in [0.25, 0.3) is 22.3 Å². The Bertz CT molecular complexity index is 1650. The quantitative estimate of drug-likeness (QED) is 0.176. The number of nitrogens with zero attached hydrogens (tertiary/aromatic N) is 3. The van der Waals surface area contributed by atoms with E-state index in [4.69, 9.17) is 30.8 Å². The minimum Gasteiger partial charge on any atom is -0.496 e. The fourth-order valence-electron chi connectivity index (χ4n) is 4.34. The lowest BCUT2D eigenvalue weighted by molar-refractivity contribution is 0.207. The highest BCUT2D eigenvalue weighted by molar-refractivity contribution is 9.10. The zero-order valence-electron chi connectivity index (χ0n) is 23.7. The van der Waals surface area contributed by atoms with Crippen LogP contribution in [0.3, 0.4) is 0 Å². The first kappa shape index (κ1) is 29.6. The van der Waals surface area contributed by atoms with Gasteiger partial charge in [-0.05, 0) is 83.6 Å². The first-order chi connectivity index (χ1) is 19.1. The molecule has 1 heterocycles. The number of methoxy groups -OCH3 is 2. The van der Waals surface area contributed by atoms with Crippen LogP contribution in [0.15, 0.2) is 56.8 Å². The predicted octanol–water partition coefficient (Wildman–Crippen LogP) is 7.99. The Balaban J connectivity index is 1.95. The fraction of sp³-hybridized carbons (Fsp3) is 0.323. The predicted molar refractivity (Wildman–Crippen MR) is 166 cm³/mol. The molecule has 7 nitrogen and oxygen atoms in total. The Morgan fingerprint density at radius 3 is 2.45 bits per heavy atom. The largest absolute Gasteiger partial charge is 0.496 e. The van der Waals surface area contributed by atoms with Crippen molar-refractivity contribution in [3.05, 3.63) is 79.0 Å². The maximum atomic E-state index is 13.8. The summed E-state index contributed by atoms with van der Waals surface area (Å²) in [6, 6.07) is 13.0. The van der Waals surface area contributed by atoms with Crippen LogP contribution in [0.1, 0.15) is 56.7 Å². The van der Waals surface area contributed by atoms with E-state index in [9.17, 15) is 4.79 Å². The van der Waals surface area contributed by atoms with Gasteiger partial charge in [0.15, 0.2) is 17.3 Å². The van der Waals surface area contributed by atoms with Crippen LogP contribution in [0.5, 0.6) is 17.2 Å². The number of hydrogen-bond donors (Lipinski definition) is 0. The molecule has 0 aliphatic carbocycles. The van der Waals surface area contributed by atoms with Crippen molar-refractivity contribution < 1.29 is 14.2 Å². The lowest BCUT2D eigenvalue weighted by atomic mass is 9.96. The zero-order valence-corrected chi connectivity index (χ0v) is 26.1. The van der Waals surface area contributed by atoms with Gasteiger partial charge in [0, 0.05) is 15.6 Å². The maximum absolute atomic E-state index is 13.8. The highest BCUT2D eigenvalue weighted by atomic mass is 79.9. The van der Waals surface area contributed by atoms with Gasteiger partial charge in [0.25, 0.3) is 5.56 Å². The lowest BCUT2D eigenvalue weighted by Gasteiger charge is -2.19. The molecule has 40 heavy (non-hydrogen) atoms. The number of hydrogen-bond acceptors (Lipinski definition) is 6. The fourth-order valence-corrected chi connectivity index (χ4v) is 4.98. The number of ether oxygens (including phenoxy) is 3. The van der Waals surface area contributed by atoms with Gasteiger partial charge in [-0.1, -0.05) is 44.5 Å². The van der Waals surface area contributed by atoms with Gasteiger partial charge in [-0.3, -0.25) is 4.79 Å². The molecule has 0 radical (unpaired) electrons. The summed E-state index contributed by atoms with van der Waals surface area (Å²) in [4.78, 5) is 18.7. The molecule has 0 saturated carbocycles. The summed E-state index contributed by atoms with van der Waals surface area (Å²) < 4.78 is 19.1. The molecule has 0 bridgehead atoms. The third-order valence-corrected chi connectivity index (χ3v) is 8.22. The van der Waals surface area contributed by atoms with E-state index in [-0.39, 0.29) is 17.6 Å². The van der Waals surface area contributed by atoms with E-state index in [1.54, 1.807) is 32.6 Å². The maximum Gasteiger partial charge on any atom is 0.282 e. The van der Waals surface area contributed by atoms with Gasteiger partial charge in [-0.15, -0.1) is 0 Å². The molecule has 4 rings (SSSR count). The summed E-state index contributed by atoms with van der Waals surface area (Å²) >= 11 is 10.3. The summed E-state index contributed by atoms with van der Waals surface area (Å²) in [6.07, 6.45) is 2.32. The van der Waals surface area contributed by atoms with Crippen LogP contribution in [0.2, 0.25) is 5.02 Å². The minimum absolute atomic E-state index is 0.0499. The van der Waals surface area contributed by atoms with Crippen LogP contribution in [0.4, 0.5) is 0 Å². The van der Waals surface area contributed by atoms with E-state index in [1.165, 1.54) is 4.68 Å². The van der Waals surface area contributed by atoms with Crippen molar-refractivity contribution >= 4 is 44.6 Å². The first-order valence-electron chi connectivity index (χ1n) is 13.1. The van der Waals surface area contributed by atoms with Crippen LogP contribution in [-0.2, 0) is 0 Å². The van der Waals surface area contributed by atoms with Crippen LogP contribution in [0, 0.1) is 6.92 Å². The summed E-state index contributed by atoms with van der Waals surface area (Å²) in [5, 5.41) is 5.47. The second kappa shape index (κ2) is 12.4. The third-order valence-electron chi connectivity index (χ3n) is 6.78. The molecule has 3 aromatic carbocycles. The zero-order chi connectivity index (χ0) is 29.1. The topological polar surface area (TPSA) is 74.9 Å². The number of halogens is 2. The number of fused-ring (bicyclic) bond motifs is 1. The van der Waals surface area contributed by atoms with Gasteiger partial charge in [-0.2, -0.15) is 9.78 Å². The molecule has 0 amide bonds. The molecule has 1 atom stereocenters. The molecule has 0 saturated heterocycles. The molecule has 4 aromatic rings. The Hall–Kier alpha value is -3.36. The average Bonchev–Trinajstić information content (AvgIpc) is 2.95. The standard InChI is InChI=1S/C31H33BrClN3O4/c1-8-19(5)40-29-26(39-7)14-20(27(32)28(29)33)16-34-36-30(35-24-12-10-9-11-21(24)31(36)37)23-15-22(17(2)3)25(38-6)13-18(23)4/h9-17,19H,8H2,1-7H3/t19-/m1/s1. The monoisotopic (exact) mass is 625 g/mol. The number of aromatic nitrogens is 2. The summed E-state index contributed by atoms with van der Waals surface area (Å²) in [6.45, 7) is 10.2. The van der Waals surface area contributed by atoms with Gasteiger partial charge < -0.3 is 14.2 Å². The summed E-state index contributed by atoms with van der Waals surface area (Å²) in [5.41, 5.74) is 3.62. The van der Waals surface area contributed by atoms with E-state index in [0.717, 1.165) is 28.9 Å². The normalized spacial score (nSPS) is 12.3. The molecule has 210 valence electrons. The van der Waals surface area contributed by atoms with Crippen molar-refractivity contribution in [1.82, 2.24) is 9.66 Å². The van der Waals surface area contributed by atoms with Gasteiger partial charge >= 0.3 is 0 Å². The second-order valence-electron chi connectivity index (χ2n) is 9.84. The summed E-state index contributed by atoms with van der Waals surface area (Å²) in [7, 11) is 3.21. The van der Waals surface area contributed by atoms with E-state index >= 15 is 0 Å². The molecular formula is C31H33BrClN3O4. The first-order valence-corrected chi connectivity index (χ1v) is 14.3. The van der Waals surface area contributed by atoms with Crippen molar-refractivity contribution in [2.24, 2.45) is 5.10 Å². The van der Waals surface area contributed by atoms with Crippen molar-refractivity contribution in [1.29, 1.82) is 0 Å².